The van der Waals surface area contributed by atoms with E-state index in [1.165, 1.54) is 6.42 Å². The van der Waals surface area contributed by atoms with Crippen molar-refractivity contribution < 1.29 is 14.6 Å². The smallest absolute Gasteiger partial charge is 0.320 e. The van der Waals surface area contributed by atoms with Crippen molar-refractivity contribution in [3.8, 4) is 11.4 Å². The molecule has 0 saturated carbocycles. The van der Waals surface area contributed by atoms with Crippen LogP contribution in [0.3, 0.4) is 0 Å². The normalized spacial score (nSPS) is 21.1. The number of aryl methyl sites for hydroxylation is 1. The lowest BCUT2D eigenvalue weighted by atomic mass is 9.85. The van der Waals surface area contributed by atoms with E-state index in [-0.39, 0.29) is 24.8 Å². The summed E-state index contributed by atoms with van der Waals surface area (Å²) in [5.74, 6) is 2.16. The molecular formula is C34H42N10O3. The number of aliphatic hydroxyl groups is 1. The van der Waals surface area contributed by atoms with Crippen LogP contribution in [-0.4, -0.2) is 64.0 Å². The highest BCUT2D eigenvalue weighted by atomic mass is 16.5. The van der Waals surface area contributed by atoms with Gasteiger partial charge in [0.15, 0.2) is 5.65 Å². The lowest BCUT2D eigenvalue weighted by molar-refractivity contribution is 0.171. The molecule has 0 spiro atoms. The average molecular weight is 639 g/mol. The summed E-state index contributed by atoms with van der Waals surface area (Å²) in [6, 6.07) is 14.2. The summed E-state index contributed by atoms with van der Waals surface area (Å²) in [5, 5.41) is 33.4. The summed E-state index contributed by atoms with van der Waals surface area (Å²) >= 11 is 0. The second-order valence-electron chi connectivity index (χ2n) is 12.6. The summed E-state index contributed by atoms with van der Waals surface area (Å²) < 4.78 is 12.0. The molecule has 0 radical (unpaired) electrons. The molecule has 0 bridgehead atoms. The van der Waals surface area contributed by atoms with Crippen LogP contribution in [0.5, 0.6) is 5.75 Å². The van der Waals surface area contributed by atoms with E-state index in [4.69, 9.17) is 4.74 Å². The fraction of sp³-hybridized carbons (Fsp3) is 0.441. The molecule has 246 valence electrons. The third-order valence-electron chi connectivity index (χ3n) is 9.36. The van der Waals surface area contributed by atoms with Gasteiger partial charge >= 0.3 is 6.03 Å². The van der Waals surface area contributed by atoms with E-state index in [0.717, 1.165) is 53.4 Å². The number of aliphatic hydroxyl groups excluding tert-OH is 1. The van der Waals surface area contributed by atoms with Crippen LogP contribution in [-0.2, 0) is 13.0 Å². The van der Waals surface area contributed by atoms with Gasteiger partial charge < -0.3 is 20.1 Å². The zero-order chi connectivity index (χ0) is 32.5. The number of pyridine rings is 1. The fourth-order valence-electron chi connectivity index (χ4n) is 6.99. The van der Waals surface area contributed by atoms with Gasteiger partial charge in [-0.3, -0.25) is 14.4 Å². The van der Waals surface area contributed by atoms with Gasteiger partial charge in [0, 0.05) is 18.2 Å². The summed E-state index contributed by atoms with van der Waals surface area (Å²) in [7, 11) is 0. The number of benzene rings is 1. The zero-order valence-electron chi connectivity index (χ0n) is 27.1. The minimum atomic E-state index is -0.317. The van der Waals surface area contributed by atoms with E-state index < -0.39 is 0 Å². The number of piperidine rings is 1. The van der Waals surface area contributed by atoms with Gasteiger partial charge in [-0.05, 0) is 75.6 Å². The van der Waals surface area contributed by atoms with Gasteiger partial charge in [0.25, 0.3) is 0 Å². The molecule has 1 aromatic carbocycles. The Morgan fingerprint density at radius 3 is 2.62 bits per heavy atom. The molecule has 7 rings (SSSR count). The predicted octanol–water partition coefficient (Wildman–Crippen LogP) is 5.21. The quantitative estimate of drug-likeness (QED) is 0.200. The lowest BCUT2D eigenvalue weighted by Gasteiger charge is -2.39. The van der Waals surface area contributed by atoms with Crippen LogP contribution in [0.15, 0.2) is 61.1 Å². The fourth-order valence-corrected chi connectivity index (χ4v) is 6.99. The second kappa shape index (κ2) is 13.1. The monoisotopic (exact) mass is 638 g/mol. The van der Waals surface area contributed by atoms with Crippen molar-refractivity contribution in [3.05, 3.63) is 77.9 Å². The van der Waals surface area contributed by atoms with Gasteiger partial charge in [-0.2, -0.15) is 10.2 Å². The summed E-state index contributed by atoms with van der Waals surface area (Å²) in [5.41, 5.74) is 4.43. The molecule has 13 nitrogen and oxygen atoms in total. The van der Waals surface area contributed by atoms with E-state index in [9.17, 15) is 9.90 Å². The SMILES string of the molecule is CCc1cc(NC(=O)N[C@H]2CC[C@@H](Oc3ccc4nnc(N5[C@H](C)CCC[C@@H]5C)n4c3)c3ccccc32)n(-c2cnn(CCO)c2)n1. The van der Waals surface area contributed by atoms with Crippen LogP contribution in [0.1, 0.15) is 81.8 Å². The number of carbonyl (C=O) groups excluding carboxylic acids is 1. The van der Waals surface area contributed by atoms with Crippen LogP contribution < -0.4 is 20.3 Å². The molecule has 47 heavy (non-hydrogen) atoms. The maximum absolute atomic E-state index is 13.4. The number of amides is 2. The Labute approximate surface area is 273 Å². The first kappa shape index (κ1) is 30.7. The molecule has 1 saturated heterocycles. The number of urea groups is 1. The third kappa shape index (κ3) is 6.14. The Bertz CT molecular complexity index is 1850. The minimum Gasteiger partial charge on any atom is -0.484 e. The molecule has 4 atom stereocenters. The lowest BCUT2D eigenvalue weighted by Crippen LogP contribution is -2.44. The number of nitrogens with zero attached hydrogens (tertiary/aromatic N) is 8. The molecular weight excluding hydrogens is 596 g/mol. The number of carbonyl (C=O) groups is 1. The van der Waals surface area contributed by atoms with Gasteiger partial charge in [0.05, 0.1) is 43.5 Å². The van der Waals surface area contributed by atoms with Gasteiger partial charge in [-0.1, -0.05) is 31.2 Å². The number of hydrogen-bond donors (Lipinski definition) is 3. The minimum absolute atomic E-state index is 0.0155. The number of ether oxygens (including phenoxy) is 1. The van der Waals surface area contributed by atoms with Crippen molar-refractivity contribution in [2.24, 2.45) is 0 Å². The highest BCUT2D eigenvalue weighted by molar-refractivity contribution is 5.89. The molecule has 5 heterocycles. The first-order valence-electron chi connectivity index (χ1n) is 16.6. The molecule has 1 aliphatic heterocycles. The Morgan fingerprint density at radius 1 is 1.02 bits per heavy atom. The number of aromatic nitrogens is 7. The van der Waals surface area contributed by atoms with Crippen molar-refractivity contribution in [1.82, 2.24) is 39.5 Å². The highest BCUT2D eigenvalue weighted by Gasteiger charge is 2.31. The summed E-state index contributed by atoms with van der Waals surface area (Å²) in [4.78, 5) is 15.8. The molecule has 3 N–H and O–H groups in total. The number of hydrogen-bond acceptors (Lipinski definition) is 8. The molecule has 5 aromatic rings. The van der Waals surface area contributed by atoms with Crippen LogP contribution in [0, 0.1) is 0 Å². The number of rotatable bonds is 9. The van der Waals surface area contributed by atoms with Crippen molar-refractivity contribution in [2.75, 3.05) is 16.8 Å². The van der Waals surface area contributed by atoms with Crippen LogP contribution in [0.4, 0.5) is 16.6 Å². The van der Waals surface area contributed by atoms with Gasteiger partial charge in [0.2, 0.25) is 5.95 Å². The summed E-state index contributed by atoms with van der Waals surface area (Å²) in [6.45, 7) is 6.89. The molecule has 2 amide bonds. The van der Waals surface area contributed by atoms with Crippen LogP contribution in [0.25, 0.3) is 11.3 Å². The Morgan fingerprint density at radius 2 is 1.83 bits per heavy atom. The van der Waals surface area contributed by atoms with E-state index >= 15 is 0 Å². The van der Waals surface area contributed by atoms with E-state index in [1.807, 2.05) is 47.9 Å². The highest BCUT2D eigenvalue weighted by Crippen LogP contribution is 2.39. The van der Waals surface area contributed by atoms with Gasteiger partial charge in [0.1, 0.15) is 23.4 Å². The standard InChI is InChI=1S/C34H42N10O3/c1-4-24-18-32(44(40-24)25-19-35-41(20-25)16-17-45)37-33(46)36-29-13-14-30(28-11-6-5-10-27(28)29)47-26-12-15-31-38-39-34(42(31)21-26)43-22(2)8-7-9-23(43)3/h5-6,10-12,15,18-23,29-30,45H,4,7-9,13-14,16-17H2,1-3H3,(H2,36,37,46)/t22-,23+,29-,30+/m0/s1. The van der Waals surface area contributed by atoms with Crippen molar-refractivity contribution >= 4 is 23.4 Å². The molecule has 1 fully saturated rings. The van der Waals surface area contributed by atoms with Crippen LogP contribution in [0.2, 0.25) is 0 Å². The molecule has 1 aliphatic carbocycles. The third-order valence-corrected chi connectivity index (χ3v) is 9.36. The molecule has 0 unspecified atom stereocenters. The number of fused-ring (bicyclic) bond motifs is 2. The van der Waals surface area contributed by atoms with Crippen LogP contribution >= 0.6 is 0 Å². The van der Waals surface area contributed by atoms with Crippen molar-refractivity contribution in [3.63, 3.8) is 0 Å². The topological polar surface area (TPSA) is 140 Å². The maximum Gasteiger partial charge on any atom is 0.320 e. The second-order valence-corrected chi connectivity index (χ2v) is 12.6. The van der Waals surface area contributed by atoms with Gasteiger partial charge in [-0.25, -0.2) is 9.48 Å². The summed E-state index contributed by atoms with van der Waals surface area (Å²) in [6.07, 6.45) is 11.0. The van der Waals surface area contributed by atoms with E-state index in [2.05, 4.69) is 61.9 Å². The average Bonchev–Trinajstić information content (AvgIpc) is 3.81. The first-order valence-corrected chi connectivity index (χ1v) is 16.6. The van der Waals surface area contributed by atoms with Crippen molar-refractivity contribution in [2.45, 2.75) is 90.1 Å². The molecule has 2 aliphatic rings. The number of anilines is 2. The van der Waals surface area contributed by atoms with E-state index in [1.54, 1.807) is 21.8 Å². The zero-order valence-corrected chi connectivity index (χ0v) is 27.1. The van der Waals surface area contributed by atoms with Gasteiger partial charge in [-0.15, -0.1) is 10.2 Å². The molecule has 4 aromatic heterocycles. The Kier molecular flexibility index (Phi) is 8.54. The number of nitrogens with one attached hydrogen (secondary N) is 2. The maximum atomic E-state index is 13.4. The Hall–Kier alpha value is -4.91. The first-order chi connectivity index (χ1) is 22.9. The van der Waals surface area contributed by atoms with Crippen molar-refractivity contribution in [1.29, 1.82) is 0 Å². The largest absolute Gasteiger partial charge is 0.484 e. The molecule has 13 heteroatoms. The predicted molar refractivity (Wildman–Crippen MR) is 178 cm³/mol. The van der Waals surface area contributed by atoms with E-state index in [0.29, 0.717) is 43.0 Å². The Balaban J connectivity index is 1.07.